The summed E-state index contributed by atoms with van der Waals surface area (Å²) in [6.45, 7) is 3.16. The van der Waals surface area contributed by atoms with Gasteiger partial charge in [-0.25, -0.2) is 0 Å². The lowest BCUT2D eigenvalue weighted by molar-refractivity contribution is -0.126. The highest BCUT2D eigenvalue weighted by atomic mass is 16.2. The molecule has 1 aromatic carbocycles. The summed E-state index contributed by atoms with van der Waals surface area (Å²) >= 11 is 0. The summed E-state index contributed by atoms with van der Waals surface area (Å²) in [6, 6.07) is 7.38. The molecule has 0 aliphatic carbocycles. The number of likely N-dealkylation sites (N-methyl/N-ethyl adjacent to an activating group) is 1. The number of para-hydroxylation sites is 1. The highest BCUT2D eigenvalue weighted by molar-refractivity contribution is 6.01. The van der Waals surface area contributed by atoms with Gasteiger partial charge in [-0.2, -0.15) is 0 Å². The van der Waals surface area contributed by atoms with Crippen LogP contribution < -0.4 is 10.2 Å². The molecule has 5 nitrogen and oxygen atoms in total. The zero-order chi connectivity index (χ0) is 16.1. The average Bonchev–Trinajstić information content (AvgIpc) is 2.64. The Morgan fingerprint density at radius 2 is 2.05 bits per heavy atom. The summed E-state index contributed by atoms with van der Waals surface area (Å²) in [5.74, 6) is -0.0767. The van der Waals surface area contributed by atoms with E-state index in [1.807, 2.05) is 43.3 Å². The van der Waals surface area contributed by atoms with Gasteiger partial charge in [0.1, 0.15) is 6.04 Å². The van der Waals surface area contributed by atoms with Gasteiger partial charge < -0.3 is 10.2 Å². The van der Waals surface area contributed by atoms with Crippen LogP contribution in [0.4, 0.5) is 5.69 Å². The van der Waals surface area contributed by atoms with Crippen LogP contribution in [0.25, 0.3) is 0 Å². The number of amides is 2. The van der Waals surface area contributed by atoms with Crippen molar-refractivity contribution in [3.05, 3.63) is 29.8 Å². The third-order valence-corrected chi connectivity index (χ3v) is 3.98. The summed E-state index contributed by atoms with van der Waals surface area (Å²) in [7, 11) is 3.92. The van der Waals surface area contributed by atoms with Crippen molar-refractivity contribution < 1.29 is 9.59 Å². The van der Waals surface area contributed by atoms with E-state index >= 15 is 0 Å². The summed E-state index contributed by atoms with van der Waals surface area (Å²) < 4.78 is 0. The Hall–Kier alpha value is -1.88. The van der Waals surface area contributed by atoms with E-state index in [0.717, 1.165) is 30.6 Å². The fourth-order valence-electron chi connectivity index (χ4n) is 2.73. The van der Waals surface area contributed by atoms with Crippen LogP contribution in [0.3, 0.4) is 0 Å². The Kier molecular flexibility index (Phi) is 5.55. The quantitative estimate of drug-likeness (QED) is 0.895. The first-order valence-electron chi connectivity index (χ1n) is 7.83. The number of benzene rings is 1. The number of nitrogens with one attached hydrogen (secondary N) is 1. The molecular formula is C17H25N3O2. The van der Waals surface area contributed by atoms with Gasteiger partial charge in [-0.1, -0.05) is 18.2 Å². The predicted octanol–water partition coefficient (Wildman–Crippen LogP) is 1.42. The van der Waals surface area contributed by atoms with E-state index < -0.39 is 6.04 Å². The van der Waals surface area contributed by atoms with Crippen LogP contribution in [0.5, 0.6) is 0 Å². The second kappa shape index (κ2) is 7.40. The summed E-state index contributed by atoms with van der Waals surface area (Å²) in [5.41, 5.74) is 2.02. The molecule has 1 atom stereocenters. The lowest BCUT2D eigenvalue weighted by atomic mass is 10.1. The fraction of sp³-hybridized carbons (Fsp3) is 0.529. The summed E-state index contributed by atoms with van der Waals surface area (Å²) in [4.78, 5) is 28.5. The van der Waals surface area contributed by atoms with Crippen molar-refractivity contribution in [2.45, 2.75) is 32.2 Å². The minimum atomic E-state index is -0.492. The van der Waals surface area contributed by atoms with Crippen molar-refractivity contribution in [3.63, 3.8) is 0 Å². The Morgan fingerprint density at radius 1 is 1.32 bits per heavy atom. The molecule has 1 aromatic rings. The number of rotatable bonds is 5. The molecule has 0 bridgehead atoms. The molecule has 1 unspecified atom stereocenters. The van der Waals surface area contributed by atoms with Gasteiger partial charge >= 0.3 is 0 Å². The van der Waals surface area contributed by atoms with Crippen molar-refractivity contribution in [2.24, 2.45) is 0 Å². The molecule has 0 fully saturated rings. The standard InChI is InChI=1S/C17H25N3O2/c1-13(17(22)18-11-12-19(2)3)20-15-9-5-4-7-14(15)8-6-10-16(20)21/h4-5,7,9,13H,6,8,10-12H2,1-3H3,(H,18,22). The third kappa shape index (κ3) is 3.85. The van der Waals surface area contributed by atoms with Crippen molar-refractivity contribution in [3.8, 4) is 0 Å². The first-order valence-corrected chi connectivity index (χ1v) is 7.83. The molecule has 1 aliphatic heterocycles. The molecule has 2 amide bonds. The zero-order valence-electron chi connectivity index (χ0n) is 13.6. The van der Waals surface area contributed by atoms with Crippen LogP contribution in [0, 0.1) is 0 Å². The van der Waals surface area contributed by atoms with Gasteiger partial charge in [0.15, 0.2) is 0 Å². The second-order valence-electron chi connectivity index (χ2n) is 6.02. The van der Waals surface area contributed by atoms with E-state index in [1.165, 1.54) is 0 Å². The number of carbonyl (C=O) groups excluding carboxylic acids is 2. The zero-order valence-corrected chi connectivity index (χ0v) is 13.6. The number of carbonyl (C=O) groups is 2. The van der Waals surface area contributed by atoms with Crippen LogP contribution in [-0.4, -0.2) is 49.9 Å². The Morgan fingerprint density at radius 3 is 2.77 bits per heavy atom. The molecule has 0 saturated heterocycles. The summed E-state index contributed by atoms with van der Waals surface area (Å²) in [5, 5.41) is 2.91. The maximum Gasteiger partial charge on any atom is 0.242 e. The average molecular weight is 303 g/mol. The molecule has 1 aliphatic rings. The molecule has 0 saturated carbocycles. The lowest BCUT2D eigenvalue weighted by Gasteiger charge is -2.29. The highest BCUT2D eigenvalue weighted by Crippen LogP contribution is 2.28. The van der Waals surface area contributed by atoms with Crippen molar-refractivity contribution in [1.29, 1.82) is 0 Å². The number of fused-ring (bicyclic) bond motifs is 1. The van der Waals surface area contributed by atoms with Crippen LogP contribution in [0.2, 0.25) is 0 Å². The van der Waals surface area contributed by atoms with Gasteiger partial charge in [-0.3, -0.25) is 14.5 Å². The van der Waals surface area contributed by atoms with Gasteiger partial charge in [0.2, 0.25) is 11.8 Å². The van der Waals surface area contributed by atoms with Crippen molar-refractivity contribution in [1.82, 2.24) is 10.2 Å². The Labute approximate surface area is 132 Å². The van der Waals surface area contributed by atoms with E-state index in [1.54, 1.807) is 11.8 Å². The number of hydrogen-bond acceptors (Lipinski definition) is 3. The number of hydrogen-bond donors (Lipinski definition) is 1. The molecule has 5 heteroatoms. The minimum absolute atomic E-state index is 0.0280. The van der Waals surface area contributed by atoms with Crippen molar-refractivity contribution >= 4 is 17.5 Å². The molecule has 120 valence electrons. The Bertz CT molecular complexity index is 542. The maximum absolute atomic E-state index is 12.4. The Balaban J connectivity index is 2.14. The molecular weight excluding hydrogens is 278 g/mol. The van der Waals surface area contributed by atoms with E-state index in [2.05, 4.69) is 5.32 Å². The van der Waals surface area contributed by atoms with E-state index in [9.17, 15) is 9.59 Å². The first kappa shape index (κ1) is 16.5. The number of nitrogens with zero attached hydrogens (tertiary/aromatic N) is 2. The highest BCUT2D eigenvalue weighted by Gasteiger charge is 2.30. The van der Waals surface area contributed by atoms with Gasteiger partial charge in [-0.15, -0.1) is 0 Å². The van der Waals surface area contributed by atoms with Gasteiger partial charge in [0.25, 0.3) is 0 Å². The minimum Gasteiger partial charge on any atom is -0.353 e. The van der Waals surface area contributed by atoms with E-state index in [-0.39, 0.29) is 11.8 Å². The van der Waals surface area contributed by atoms with E-state index in [0.29, 0.717) is 13.0 Å². The molecule has 1 N–H and O–H groups in total. The molecule has 2 rings (SSSR count). The topological polar surface area (TPSA) is 52.7 Å². The molecule has 0 aromatic heterocycles. The van der Waals surface area contributed by atoms with E-state index in [4.69, 9.17) is 0 Å². The first-order chi connectivity index (χ1) is 10.5. The van der Waals surface area contributed by atoms with Gasteiger partial charge in [0, 0.05) is 25.2 Å². The fourth-order valence-corrected chi connectivity index (χ4v) is 2.73. The molecule has 1 heterocycles. The third-order valence-electron chi connectivity index (χ3n) is 3.98. The SMILES string of the molecule is CC(C(=O)NCCN(C)C)N1C(=O)CCCc2ccccc21. The molecule has 0 spiro atoms. The smallest absolute Gasteiger partial charge is 0.242 e. The normalized spacial score (nSPS) is 16.2. The molecule has 22 heavy (non-hydrogen) atoms. The molecule has 0 radical (unpaired) electrons. The van der Waals surface area contributed by atoms with Crippen LogP contribution in [-0.2, 0) is 16.0 Å². The predicted molar refractivity (Wildman–Crippen MR) is 87.9 cm³/mol. The van der Waals surface area contributed by atoms with Crippen LogP contribution in [0.1, 0.15) is 25.3 Å². The summed E-state index contributed by atoms with van der Waals surface area (Å²) in [6.07, 6.45) is 2.21. The van der Waals surface area contributed by atoms with Crippen molar-refractivity contribution in [2.75, 3.05) is 32.1 Å². The number of aryl methyl sites for hydroxylation is 1. The lowest BCUT2D eigenvalue weighted by Crippen LogP contribution is -2.49. The number of anilines is 1. The van der Waals surface area contributed by atoms with Crippen LogP contribution in [0.15, 0.2) is 24.3 Å². The van der Waals surface area contributed by atoms with Crippen LogP contribution >= 0.6 is 0 Å². The maximum atomic E-state index is 12.4. The van der Waals surface area contributed by atoms with Gasteiger partial charge in [0.05, 0.1) is 0 Å². The monoisotopic (exact) mass is 303 g/mol. The largest absolute Gasteiger partial charge is 0.353 e. The second-order valence-corrected chi connectivity index (χ2v) is 6.02. The van der Waals surface area contributed by atoms with Gasteiger partial charge in [-0.05, 0) is 45.5 Å².